The Bertz CT molecular complexity index is 314. The second kappa shape index (κ2) is 5.27. The Morgan fingerprint density at radius 3 is 2.56 bits per heavy atom. The van der Waals surface area contributed by atoms with Gasteiger partial charge in [0.1, 0.15) is 5.82 Å². The van der Waals surface area contributed by atoms with E-state index in [0.717, 1.165) is 38.4 Å². The first-order chi connectivity index (χ1) is 7.79. The molecule has 0 spiro atoms. The molecule has 0 radical (unpaired) electrons. The smallest absolute Gasteiger partial charge is 0.128 e. The van der Waals surface area contributed by atoms with Crippen molar-refractivity contribution in [3.8, 4) is 0 Å². The van der Waals surface area contributed by atoms with Gasteiger partial charge in [-0.1, -0.05) is 6.07 Å². The summed E-state index contributed by atoms with van der Waals surface area (Å²) in [7, 11) is 2.16. The quantitative estimate of drug-likeness (QED) is 0.797. The van der Waals surface area contributed by atoms with Crippen molar-refractivity contribution in [2.24, 2.45) is 5.73 Å². The van der Waals surface area contributed by atoms with Crippen molar-refractivity contribution in [1.29, 1.82) is 0 Å². The fraction of sp³-hybridized carbons (Fsp3) is 0.583. The van der Waals surface area contributed by atoms with Gasteiger partial charge in [-0.3, -0.25) is 0 Å². The van der Waals surface area contributed by atoms with E-state index in [9.17, 15) is 0 Å². The number of hydrogen-bond donors (Lipinski definition) is 1. The molecule has 1 saturated heterocycles. The largest absolute Gasteiger partial charge is 0.354 e. The van der Waals surface area contributed by atoms with Crippen molar-refractivity contribution in [1.82, 2.24) is 9.88 Å². The number of pyridine rings is 1. The second-order valence-corrected chi connectivity index (χ2v) is 4.35. The molecule has 1 aliphatic heterocycles. The molecule has 2 N–H and O–H groups in total. The van der Waals surface area contributed by atoms with Crippen molar-refractivity contribution in [3.05, 3.63) is 23.9 Å². The highest BCUT2D eigenvalue weighted by molar-refractivity contribution is 5.39. The summed E-state index contributed by atoms with van der Waals surface area (Å²) in [5.74, 6) is 1.09. The molecule has 88 valence electrons. The second-order valence-electron chi connectivity index (χ2n) is 4.35. The predicted molar refractivity (Wildman–Crippen MR) is 66.7 cm³/mol. The Morgan fingerprint density at radius 1 is 1.25 bits per heavy atom. The first-order valence-corrected chi connectivity index (χ1v) is 5.88. The van der Waals surface area contributed by atoms with Crippen LogP contribution in [-0.2, 0) is 6.42 Å². The number of hydrogen-bond acceptors (Lipinski definition) is 4. The first kappa shape index (κ1) is 11.4. The molecular formula is C12H20N4. The Labute approximate surface area is 97.1 Å². The van der Waals surface area contributed by atoms with Crippen LogP contribution >= 0.6 is 0 Å². The van der Waals surface area contributed by atoms with Crippen LogP contribution in [0, 0.1) is 0 Å². The van der Waals surface area contributed by atoms with E-state index < -0.39 is 0 Å². The maximum Gasteiger partial charge on any atom is 0.128 e. The molecule has 0 unspecified atom stereocenters. The van der Waals surface area contributed by atoms with Gasteiger partial charge in [0.2, 0.25) is 0 Å². The van der Waals surface area contributed by atoms with Crippen LogP contribution in [0.1, 0.15) is 5.56 Å². The van der Waals surface area contributed by atoms with E-state index in [1.807, 2.05) is 6.20 Å². The monoisotopic (exact) mass is 220 g/mol. The van der Waals surface area contributed by atoms with Crippen molar-refractivity contribution >= 4 is 5.82 Å². The lowest BCUT2D eigenvalue weighted by Gasteiger charge is -2.33. The molecule has 0 amide bonds. The standard InChI is InChI=1S/C12H20N4/c1-15-6-8-16(9-7-15)12-3-2-11(4-5-13)10-14-12/h2-3,10H,4-9,13H2,1H3. The summed E-state index contributed by atoms with van der Waals surface area (Å²) < 4.78 is 0. The first-order valence-electron chi connectivity index (χ1n) is 5.88. The summed E-state index contributed by atoms with van der Waals surface area (Å²) in [6.45, 7) is 5.06. The predicted octanol–water partition coefficient (Wildman–Crippen LogP) is 0.335. The SMILES string of the molecule is CN1CCN(c2ccc(CCN)cn2)CC1. The van der Waals surface area contributed by atoms with Crippen LogP contribution < -0.4 is 10.6 Å². The summed E-state index contributed by atoms with van der Waals surface area (Å²) in [5.41, 5.74) is 6.74. The highest BCUT2D eigenvalue weighted by atomic mass is 15.3. The van der Waals surface area contributed by atoms with Gasteiger partial charge in [0.25, 0.3) is 0 Å². The number of aromatic nitrogens is 1. The van der Waals surface area contributed by atoms with Crippen LogP contribution in [-0.4, -0.2) is 49.7 Å². The highest BCUT2D eigenvalue weighted by Gasteiger charge is 2.14. The van der Waals surface area contributed by atoms with Crippen LogP contribution in [0.3, 0.4) is 0 Å². The van der Waals surface area contributed by atoms with Gasteiger partial charge < -0.3 is 15.5 Å². The molecule has 0 bridgehead atoms. The lowest BCUT2D eigenvalue weighted by molar-refractivity contribution is 0.312. The van der Waals surface area contributed by atoms with E-state index in [2.05, 4.69) is 34.0 Å². The van der Waals surface area contributed by atoms with Gasteiger partial charge in [-0.15, -0.1) is 0 Å². The molecule has 2 heterocycles. The van der Waals surface area contributed by atoms with Crippen LogP contribution in [0.5, 0.6) is 0 Å². The molecule has 0 saturated carbocycles. The third kappa shape index (κ3) is 2.71. The molecule has 1 aliphatic rings. The van der Waals surface area contributed by atoms with Crippen molar-refractivity contribution in [2.45, 2.75) is 6.42 Å². The van der Waals surface area contributed by atoms with Crippen LogP contribution in [0.25, 0.3) is 0 Å². The van der Waals surface area contributed by atoms with Crippen molar-refractivity contribution < 1.29 is 0 Å². The van der Waals surface area contributed by atoms with E-state index in [1.54, 1.807) is 0 Å². The average molecular weight is 220 g/mol. The summed E-state index contributed by atoms with van der Waals surface area (Å²) >= 11 is 0. The van der Waals surface area contributed by atoms with Gasteiger partial charge in [-0.05, 0) is 31.6 Å². The van der Waals surface area contributed by atoms with Gasteiger partial charge >= 0.3 is 0 Å². The number of rotatable bonds is 3. The Balaban J connectivity index is 1.98. The molecule has 16 heavy (non-hydrogen) atoms. The number of nitrogens with zero attached hydrogens (tertiary/aromatic N) is 3. The normalized spacial score (nSPS) is 17.8. The zero-order chi connectivity index (χ0) is 11.4. The molecular weight excluding hydrogens is 200 g/mol. The van der Waals surface area contributed by atoms with Gasteiger partial charge in [0, 0.05) is 32.4 Å². The molecule has 4 heteroatoms. The maximum atomic E-state index is 5.51. The zero-order valence-electron chi connectivity index (χ0n) is 9.89. The van der Waals surface area contributed by atoms with Crippen LogP contribution in [0.2, 0.25) is 0 Å². The molecule has 2 rings (SSSR count). The summed E-state index contributed by atoms with van der Waals surface area (Å²) in [6.07, 6.45) is 2.86. The summed E-state index contributed by atoms with van der Waals surface area (Å²) in [4.78, 5) is 9.18. The zero-order valence-corrected chi connectivity index (χ0v) is 9.89. The minimum Gasteiger partial charge on any atom is -0.354 e. The summed E-state index contributed by atoms with van der Waals surface area (Å²) in [6, 6.07) is 4.24. The molecule has 4 nitrogen and oxygen atoms in total. The average Bonchev–Trinajstić information content (AvgIpc) is 2.32. The lowest BCUT2D eigenvalue weighted by atomic mass is 10.2. The lowest BCUT2D eigenvalue weighted by Crippen LogP contribution is -2.44. The van der Waals surface area contributed by atoms with Crippen molar-refractivity contribution in [2.75, 3.05) is 44.7 Å². The van der Waals surface area contributed by atoms with E-state index in [1.165, 1.54) is 5.56 Å². The third-order valence-electron chi connectivity index (χ3n) is 3.07. The number of likely N-dealkylation sites (N-methyl/N-ethyl adjacent to an activating group) is 1. The number of nitrogens with two attached hydrogens (primary N) is 1. The highest BCUT2D eigenvalue weighted by Crippen LogP contribution is 2.13. The Kier molecular flexibility index (Phi) is 3.74. The minimum atomic E-state index is 0.690. The van der Waals surface area contributed by atoms with Gasteiger partial charge in [0.05, 0.1) is 0 Å². The van der Waals surface area contributed by atoms with Crippen molar-refractivity contribution in [3.63, 3.8) is 0 Å². The Hall–Kier alpha value is -1.13. The fourth-order valence-corrected chi connectivity index (χ4v) is 1.95. The molecule has 0 aliphatic carbocycles. The number of anilines is 1. The molecule has 1 aromatic rings. The summed E-state index contributed by atoms with van der Waals surface area (Å²) in [5, 5.41) is 0. The fourth-order valence-electron chi connectivity index (χ4n) is 1.95. The van der Waals surface area contributed by atoms with Crippen LogP contribution in [0.15, 0.2) is 18.3 Å². The van der Waals surface area contributed by atoms with Gasteiger partial charge in [0.15, 0.2) is 0 Å². The van der Waals surface area contributed by atoms with Crippen LogP contribution in [0.4, 0.5) is 5.82 Å². The van der Waals surface area contributed by atoms with Gasteiger partial charge in [-0.2, -0.15) is 0 Å². The molecule has 0 aromatic carbocycles. The van der Waals surface area contributed by atoms with E-state index in [4.69, 9.17) is 5.73 Å². The molecule has 1 aromatic heterocycles. The van der Waals surface area contributed by atoms with E-state index >= 15 is 0 Å². The van der Waals surface area contributed by atoms with E-state index in [0.29, 0.717) is 6.54 Å². The third-order valence-corrected chi connectivity index (χ3v) is 3.07. The maximum absolute atomic E-state index is 5.51. The Morgan fingerprint density at radius 2 is 2.00 bits per heavy atom. The van der Waals surface area contributed by atoms with E-state index in [-0.39, 0.29) is 0 Å². The topological polar surface area (TPSA) is 45.4 Å². The van der Waals surface area contributed by atoms with Gasteiger partial charge in [-0.25, -0.2) is 4.98 Å². The molecule has 1 fully saturated rings. The number of piperazine rings is 1. The minimum absolute atomic E-state index is 0.690. The molecule has 0 atom stereocenters.